The van der Waals surface area contributed by atoms with E-state index in [1.165, 1.54) is 5.56 Å². The van der Waals surface area contributed by atoms with Crippen LogP contribution < -0.4 is 4.74 Å². The van der Waals surface area contributed by atoms with E-state index in [4.69, 9.17) is 4.74 Å². The predicted octanol–water partition coefficient (Wildman–Crippen LogP) is 4.89. The van der Waals surface area contributed by atoms with Crippen LogP contribution in [0.4, 0.5) is 0 Å². The first kappa shape index (κ1) is 15.5. The average Bonchev–Trinajstić information content (AvgIpc) is 2.46. The highest BCUT2D eigenvalue weighted by atomic mass is 79.9. The summed E-state index contributed by atoms with van der Waals surface area (Å²) in [5.74, 6) is 0.767. The van der Waals surface area contributed by atoms with E-state index < -0.39 is 6.10 Å². The van der Waals surface area contributed by atoms with Gasteiger partial charge in [0.1, 0.15) is 5.75 Å². The van der Waals surface area contributed by atoms with Gasteiger partial charge in [-0.3, -0.25) is 0 Å². The van der Waals surface area contributed by atoms with E-state index in [1.807, 2.05) is 42.5 Å². The van der Waals surface area contributed by atoms with E-state index in [1.54, 1.807) is 7.11 Å². The molecule has 2 aromatic rings. The molecule has 106 valence electrons. The lowest BCUT2D eigenvalue weighted by molar-refractivity contribution is 0.167. The molecule has 4 heteroatoms. The molecule has 0 aromatic heterocycles. The second-order valence-electron chi connectivity index (χ2n) is 4.53. The molecule has 1 unspecified atom stereocenters. The third-order valence-corrected chi connectivity index (χ3v) is 4.69. The molecule has 1 N–H and O–H groups in total. The van der Waals surface area contributed by atoms with Gasteiger partial charge in [-0.25, -0.2) is 0 Å². The lowest BCUT2D eigenvalue weighted by atomic mass is 10.0. The van der Waals surface area contributed by atoms with Gasteiger partial charge in [0.25, 0.3) is 0 Å². The summed E-state index contributed by atoms with van der Waals surface area (Å²) in [6.07, 6.45) is 0.957. The fourth-order valence-corrected chi connectivity index (χ4v) is 3.46. The van der Waals surface area contributed by atoms with Crippen molar-refractivity contribution in [3.8, 4) is 5.75 Å². The van der Waals surface area contributed by atoms with Crippen LogP contribution in [0.25, 0.3) is 0 Å². The first-order valence-corrected chi connectivity index (χ1v) is 7.95. The number of hydrogen-bond acceptors (Lipinski definition) is 2. The fourth-order valence-electron chi connectivity index (χ4n) is 2.07. The van der Waals surface area contributed by atoms with E-state index >= 15 is 0 Å². The van der Waals surface area contributed by atoms with Gasteiger partial charge in [0.05, 0.1) is 13.2 Å². The van der Waals surface area contributed by atoms with Gasteiger partial charge < -0.3 is 9.84 Å². The minimum atomic E-state index is -0.496. The van der Waals surface area contributed by atoms with Gasteiger partial charge >= 0.3 is 0 Å². The molecule has 1 atom stereocenters. The second-order valence-corrected chi connectivity index (χ2v) is 6.24. The molecule has 0 aliphatic heterocycles. The zero-order valence-corrected chi connectivity index (χ0v) is 14.3. The van der Waals surface area contributed by atoms with Crippen molar-refractivity contribution in [1.82, 2.24) is 0 Å². The van der Waals surface area contributed by atoms with Crippen molar-refractivity contribution in [1.29, 1.82) is 0 Å². The summed E-state index contributed by atoms with van der Waals surface area (Å²) in [4.78, 5) is 0. The molecular weight excluding hydrogens is 384 g/mol. The molecule has 2 rings (SSSR count). The Morgan fingerprint density at radius 1 is 1.10 bits per heavy atom. The summed E-state index contributed by atoms with van der Waals surface area (Å²) in [6, 6.07) is 13.6. The van der Waals surface area contributed by atoms with Gasteiger partial charge in [0.15, 0.2) is 0 Å². The van der Waals surface area contributed by atoms with Gasteiger partial charge in [-0.1, -0.05) is 50.1 Å². The third kappa shape index (κ3) is 3.84. The summed E-state index contributed by atoms with van der Waals surface area (Å²) >= 11 is 7.09. The molecule has 0 fully saturated rings. The van der Waals surface area contributed by atoms with E-state index in [0.29, 0.717) is 6.42 Å². The molecular formula is C16H16Br2O2. The Morgan fingerprint density at radius 2 is 1.75 bits per heavy atom. The van der Waals surface area contributed by atoms with Crippen LogP contribution >= 0.6 is 31.9 Å². The molecule has 0 radical (unpaired) electrons. The van der Waals surface area contributed by atoms with Gasteiger partial charge in [0.2, 0.25) is 0 Å². The number of rotatable bonds is 5. The Balaban J connectivity index is 2.06. The molecule has 0 bridgehead atoms. The van der Waals surface area contributed by atoms with Crippen LogP contribution in [0.2, 0.25) is 0 Å². The molecule has 0 aliphatic carbocycles. The molecule has 0 heterocycles. The standard InChI is InChI=1S/C16H16Br2O2/c1-20-12-5-2-4-11(10-12)16(19)9-8-13-14(17)6-3-7-15(13)18/h2-7,10,16,19H,8-9H2,1H3. The first-order valence-electron chi connectivity index (χ1n) is 6.36. The predicted molar refractivity (Wildman–Crippen MR) is 88.1 cm³/mol. The van der Waals surface area contributed by atoms with Crippen LogP contribution in [0.3, 0.4) is 0 Å². The maximum atomic E-state index is 10.3. The van der Waals surface area contributed by atoms with Crippen LogP contribution in [-0.2, 0) is 6.42 Å². The van der Waals surface area contributed by atoms with Crippen LogP contribution in [0.15, 0.2) is 51.4 Å². The number of ether oxygens (including phenoxy) is 1. The van der Waals surface area contributed by atoms with Gasteiger partial charge in [-0.15, -0.1) is 0 Å². The van der Waals surface area contributed by atoms with Gasteiger partial charge in [-0.05, 0) is 48.2 Å². The van der Waals surface area contributed by atoms with Crippen molar-refractivity contribution in [2.45, 2.75) is 18.9 Å². The van der Waals surface area contributed by atoms with E-state index in [-0.39, 0.29) is 0 Å². The molecule has 0 amide bonds. The quantitative estimate of drug-likeness (QED) is 0.775. The maximum Gasteiger partial charge on any atom is 0.119 e. The molecule has 2 aromatic carbocycles. The Bertz CT molecular complexity index is 564. The Labute approximate surface area is 136 Å². The zero-order chi connectivity index (χ0) is 14.5. The molecule has 0 saturated carbocycles. The summed E-state index contributed by atoms with van der Waals surface area (Å²) < 4.78 is 7.30. The minimum Gasteiger partial charge on any atom is -0.497 e. The topological polar surface area (TPSA) is 29.5 Å². The van der Waals surface area contributed by atoms with Crippen molar-refractivity contribution in [3.63, 3.8) is 0 Å². The normalized spacial score (nSPS) is 12.2. The number of hydrogen-bond donors (Lipinski definition) is 1. The molecule has 0 saturated heterocycles. The van der Waals surface area contributed by atoms with E-state index in [2.05, 4.69) is 31.9 Å². The average molecular weight is 400 g/mol. The van der Waals surface area contributed by atoms with Crippen molar-refractivity contribution >= 4 is 31.9 Å². The fraction of sp³-hybridized carbons (Fsp3) is 0.250. The number of aliphatic hydroxyl groups is 1. The van der Waals surface area contributed by atoms with Gasteiger partial charge in [0, 0.05) is 8.95 Å². The molecule has 0 aliphatic rings. The maximum absolute atomic E-state index is 10.3. The zero-order valence-electron chi connectivity index (χ0n) is 11.1. The molecule has 20 heavy (non-hydrogen) atoms. The van der Waals surface area contributed by atoms with Crippen LogP contribution in [0.1, 0.15) is 23.7 Å². The largest absolute Gasteiger partial charge is 0.497 e. The first-order chi connectivity index (χ1) is 9.61. The van der Waals surface area contributed by atoms with Crippen LogP contribution in [0, 0.1) is 0 Å². The number of halogens is 2. The van der Waals surface area contributed by atoms with Crippen molar-refractivity contribution < 1.29 is 9.84 Å². The highest BCUT2D eigenvalue weighted by molar-refractivity contribution is 9.11. The Morgan fingerprint density at radius 3 is 2.40 bits per heavy atom. The van der Waals surface area contributed by atoms with Crippen LogP contribution in [0.5, 0.6) is 5.75 Å². The highest BCUT2D eigenvalue weighted by Crippen LogP contribution is 2.29. The highest BCUT2D eigenvalue weighted by Gasteiger charge is 2.11. The number of methoxy groups -OCH3 is 1. The van der Waals surface area contributed by atoms with E-state index in [0.717, 1.165) is 26.7 Å². The molecule has 0 spiro atoms. The lowest BCUT2D eigenvalue weighted by Crippen LogP contribution is -2.01. The minimum absolute atomic E-state index is 0.496. The number of aliphatic hydroxyl groups excluding tert-OH is 1. The number of benzene rings is 2. The SMILES string of the molecule is COc1cccc(C(O)CCc2c(Br)cccc2Br)c1. The summed E-state index contributed by atoms with van der Waals surface area (Å²) in [7, 11) is 1.63. The van der Waals surface area contributed by atoms with Crippen molar-refractivity contribution in [3.05, 3.63) is 62.5 Å². The van der Waals surface area contributed by atoms with Gasteiger partial charge in [-0.2, -0.15) is 0 Å². The third-order valence-electron chi connectivity index (χ3n) is 3.21. The Hall–Kier alpha value is -0.840. The smallest absolute Gasteiger partial charge is 0.119 e. The summed E-state index contributed by atoms with van der Waals surface area (Å²) in [5.41, 5.74) is 2.06. The lowest BCUT2D eigenvalue weighted by Gasteiger charge is -2.13. The monoisotopic (exact) mass is 398 g/mol. The van der Waals surface area contributed by atoms with Crippen molar-refractivity contribution in [2.24, 2.45) is 0 Å². The summed E-state index contributed by atoms with van der Waals surface area (Å²) in [6.45, 7) is 0. The van der Waals surface area contributed by atoms with E-state index in [9.17, 15) is 5.11 Å². The summed E-state index contributed by atoms with van der Waals surface area (Å²) in [5, 5.41) is 10.3. The molecule has 2 nitrogen and oxygen atoms in total. The van der Waals surface area contributed by atoms with Crippen molar-refractivity contribution in [2.75, 3.05) is 7.11 Å². The van der Waals surface area contributed by atoms with Crippen LogP contribution in [-0.4, -0.2) is 12.2 Å². The second kappa shape index (κ2) is 7.25. The Kier molecular flexibility index (Phi) is 5.64.